The van der Waals surface area contributed by atoms with Crippen molar-refractivity contribution in [3.63, 3.8) is 0 Å². The molecule has 1 aliphatic rings. The van der Waals surface area contributed by atoms with Gasteiger partial charge in [-0.2, -0.15) is 18.3 Å². The highest BCUT2D eigenvalue weighted by Gasteiger charge is 2.38. The number of halogens is 3. The van der Waals surface area contributed by atoms with E-state index < -0.39 is 35.8 Å². The van der Waals surface area contributed by atoms with Crippen molar-refractivity contribution >= 4 is 39.8 Å². The highest BCUT2D eigenvalue weighted by molar-refractivity contribution is 7.18. The van der Waals surface area contributed by atoms with Gasteiger partial charge in [-0.05, 0) is 52.2 Å². The number of carbonyl (C=O) groups excluding carboxylic acids is 3. The van der Waals surface area contributed by atoms with Crippen molar-refractivity contribution in [2.45, 2.75) is 58.7 Å². The Bertz CT molecular complexity index is 1360. The highest BCUT2D eigenvalue weighted by atomic mass is 32.1. The molecule has 1 saturated carbocycles. The molecular weight excluding hydrogens is 501 g/mol. The second-order valence-corrected chi connectivity index (χ2v) is 9.55. The second-order valence-electron chi connectivity index (χ2n) is 8.53. The third-order valence-electron chi connectivity index (χ3n) is 5.35. The lowest BCUT2D eigenvalue weighted by Gasteiger charge is -2.10. The van der Waals surface area contributed by atoms with Crippen LogP contribution in [0, 0.1) is 6.92 Å². The number of fused-ring (bicyclic) bond motifs is 1. The molecular formula is C23H23F3N4O5S. The largest absolute Gasteiger partial charge is 0.462 e. The SMILES string of the molecule is CCOC(=O)c1sc(NC(=O)c2cc3nc(C4CC4)cc(C(F)(F)F)n3n2)c(C(=O)OC(C)C)c1C. The van der Waals surface area contributed by atoms with Gasteiger partial charge >= 0.3 is 18.1 Å². The van der Waals surface area contributed by atoms with Gasteiger partial charge in [0.1, 0.15) is 15.6 Å². The first kappa shape index (κ1) is 25.6. The van der Waals surface area contributed by atoms with Gasteiger partial charge in [-0.3, -0.25) is 4.79 Å². The van der Waals surface area contributed by atoms with E-state index in [-0.39, 0.29) is 44.9 Å². The number of nitrogens with one attached hydrogen (secondary N) is 1. The van der Waals surface area contributed by atoms with Crippen LogP contribution in [0.4, 0.5) is 18.2 Å². The van der Waals surface area contributed by atoms with Crippen LogP contribution < -0.4 is 5.32 Å². The van der Waals surface area contributed by atoms with E-state index in [0.717, 1.165) is 36.3 Å². The molecule has 0 radical (unpaired) electrons. The summed E-state index contributed by atoms with van der Waals surface area (Å²) in [6.45, 7) is 6.52. The summed E-state index contributed by atoms with van der Waals surface area (Å²) in [7, 11) is 0. The van der Waals surface area contributed by atoms with E-state index in [0.29, 0.717) is 10.2 Å². The number of carbonyl (C=O) groups is 3. The third-order valence-corrected chi connectivity index (χ3v) is 6.53. The summed E-state index contributed by atoms with van der Waals surface area (Å²) < 4.78 is 51.9. The summed E-state index contributed by atoms with van der Waals surface area (Å²) in [4.78, 5) is 42.5. The Morgan fingerprint density at radius 1 is 1.22 bits per heavy atom. The molecule has 1 aliphatic carbocycles. The summed E-state index contributed by atoms with van der Waals surface area (Å²) >= 11 is 0.804. The molecule has 192 valence electrons. The summed E-state index contributed by atoms with van der Waals surface area (Å²) in [6, 6.07) is 2.10. The number of nitrogens with zero attached hydrogens (tertiary/aromatic N) is 3. The number of anilines is 1. The Balaban J connectivity index is 1.73. The molecule has 1 fully saturated rings. The van der Waals surface area contributed by atoms with Crippen molar-refractivity contribution in [2.24, 2.45) is 0 Å². The lowest BCUT2D eigenvalue weighted by molar-refractivity contribution is -0.142. The minimum atomic E-state index is -4.71. The average molecular weight is 525 g/mol. The van der Waals surface area contributed by atoms with Crippen molar-refractivity contribution in [1.82, 2.24) is 14.6 Å². The van der Waals surface area contributed by atoms with Crippen LogP contribution in [-0.2, 0) is 15.7 Å². The molecule has 3 aromatic heterocycles. The van der Waals surface area contributed by atoms with E-state index in [2.05, 4.69) is 15.4 Å². The molecule has 0 bridgehead atoms. The fraction of sp³-hybridized carbons (Fsp3) is 0.435. The van der Waals surface area contributed by atoms with E-state index in [1.165, 1.54) is 6.92 Å². The highest BCUT2D eigenvalue weighted by Crippen LogP contribution is 2.41. The molecule has 0 atom stereocenters. The zero-order valence-electron chi connectivity index (χ0n) is 19.9. The van der Waals surface area contributed by atoms with Gasteiger partial charge in [-0.1, -0.05) is 0 Å². The number of hydrogen-bond donors (Lipinski definition) is 1. The van der Waals surface area contributed by atoms with Crippen molar-refractivity contribution in [3.05, 3.63) is 45.2 Å². The molecule has 0 aliphatic heterocycles. The molecule has 9 nitrogen and oxygen atoms in total. The van der Waals surface area contributed by atoms with E-state index in [4.69, 9.17) is 9.47 Å². The first-order chi connectivity index (χ1) is 16.9. The van der Waals surface area contributed by atoms with Gasteiger partial charge in [-0.15, -0.1) is 11.3 Å². The topological polar surface area (TPSA) is 112 Å². The van der Waals surface area contributed by atoms with Gasteiger partial charge in [0.25, 0.3) is 5.91 Å². The maximum atomic E-state index is 13.7. The Labute approximate surface area is 207 Å². The molecule has 1 N–H and O–H groups in total. The predicted octanol–water partition coefficient (Wildman–Crippen LogP) is 4.99. The Morgan fingerprint density at radius 3 is 2.50 bits per heavy atom. The second kappa shape index (κ2) is 9.52. The molecule has 36 heavy (non-hydrogen) atoms. The zero-order chi connectivity index (χ0) is 26.4. The summed E-state index contributed by atoms with van der Waals surface area (Å²) in [5.41, 5.74) is -0.984. The number of amides is 1. The number of alkyl halides is 3. The quantitative estimate of drug-likeness (QED) is 0.434. The Kier molecular flexibility index (Phi) is 6.78. The number of ether oxygens (including phenoxy) is 2. The van der Waals surface area contributed by atoms with Crippen LogP contribution >= 0.6 is 11.3 Å². The fourth-order valence-electron chi connectivity index (χ4n) is 3.57. The number of esters is 2. The molecule has 4 rings (SSSR count). The third kappa shape index (κ3) is 5.06. The van der Waals surface area contributed by atoms with Gasteiger partial charge in [-0.25, -0.2) is 19.1 Å². The van der Waals surface area contributed by atoms with Crippen LogP contribution in [0.2, 0.25) is 0 Å². The molecule has 0 aromatic carbocycles. The minimum Gasteiger partial charge on any atom is -0.462 e. The fourth-order valence-corrected chi connectivity index (χ4v) is 4.66. The number of rotatable bonds is 7. The predicted molar refractivity (Wildman–Crippen MR) is 123 cm³/mol. The van der Waals surface area contributed by atoms with E-state index in [1.54, 1.807) is 20.8 Å². The first-order valence-corrected chi connectivity index (χ1v) is 12.0. The monoisotopic (exact) mass is 524 g/mol. The van der Waals surface area contributed by atoms with Crippen LogP contribution in [0.3, 0.4) is 0 Å². The molecule has 0 spiro atoms. The molecule has 0 saturated heterocycles. The summed E-state index contributed by atoms with van der Waals surface area (Å²) in [5.74, 6) is -2.38. The normalized spacial score (nSPS) is 13.8. The van der Waals surface area contributed by atoms with Gasteiger partial charge in [0.05, 0.1) is 18.3 Å². The van der Waals surface area contributed by atoms with Gasteiger partial charge in [0, 0.05) is 17.7 Å². The number of hydrogen-bond acceptors (Lipinski definition) is 8. The first-order valence-electron chi connectivity index (χ1n) is 11.2. The Hall–Kier alpha value is -3.48. The summed E-state index contributed by atoms with van der Waals surface area (Å²) in [5, 5.41) is 6.32. The molecule has 0 unspecified atom stereocenters. The average Bonchev–Trinajstić information content (AvgIpc) is 3.45. The van der Waals surface area contributed by atoms with Crippen LogP contribution in [0.25, 0.3) is 5.65 Å². The van der Waals surface area contributed by atoms with Crippen LogP contribution in [0.5, 0.6) is 0 Å². The van der Waals surface area contributed by atoms with Crippen LogP contribution in [-0.4, -0.2) is 45.2 Å². The van der Waals surface area contributed by atoms with Crippen molar-refractivity contribution < 1.29 is 37.0 Å². The molecule has 1 amide bonds. The van der Waals surface area contributed by atoms with Crippen LogP contribution in [0.15, 0.2) is 12.1 Å². The van der Waals surface area contributed by atoms with Gasteiger partial charge in [0.2, 0.25) is 0 Å². The van der Waals surface area contributed by atoms with Crippen molar-refractivity contribution in [2.75, 3.05) is 11.9 Å². The molecule has 3 heterocycles. The van der Waals surface area contributed by atoms with Gasteiger partial charge < -0.3 is 14.8 Å². The lowest BCUT2D eigenvalue weighted by Crippen LogP contribution is -2.18. The molecule has 3 aromatic rings. The van der Waals surface area contributed by atoms with Crippen LogP contribution in [0.1, 0.15) is 87.0 Å². The van der Waals surface area contributed by atoms with E-state index in [9.17, 15) is 27.6 Å². The summed E-state index contributed by atoms with van der Waals surface area (Å²) in [6.07, 6.45) is -3.69. The standard InChI is InChI=1S/C23H23F3N4O5S/c1-5-34-22(33)18-11(4)17(21(32)35-10(2)3)20(36-18)28-19(31)14-9-16-27-13(12-6-7-12)8-15(23(24,25)26)30(16)29-14/h8-10,12H,5-7H2,1-4H3,(H,28,31). The minimum absolute atomic E-state index is 0.00840. The van der Waals surface area contributed by atoms with Crippen molar-refractivity contribution in [3.8, 4) is 0 Å². The van der Waals surface area contributed by atoms with E-state index >= 15 is 0 Å². The van der Waals surface area contributed by atoms with Gasteiger partial charge in [0.15, 0.2) is 11.3 Å². The smallest absolute Gasteiger partial charge is 0.433 e. The van der Waals surface area contributed by atoms with E-state index in [1.807, 2.05) is 0 Å². The number of thiophene rings is 1. The molecule has 13 heteroatoms. The number of aromatic nitrogens is 3. The Morgan fingerprint density at radius 2 is 1.92 bits per heavy atom. The maximum Gasteiger partial charge on any atom is 0.433 e. The lowest BCUT2D eigenvalue weighted by atomic mass is 10.1. The zero-order valence-corrected chi connectivity index (χ0v) is 20.7. The van der Waals surface area contributed by atoms with Crippen molar-refractivity contribution in [1.29, 1.82) is 0 Å². The maximum absolute atomic E-state index is 13.7.